The van der Waals surface area contributed by atoms with Crippen molar-refractivity contribution in [1.82, 2.24) is 19.7 Å². The molecule has 1 aromatic carbocycles. The van der Waals surface area contributed by atoms with E-state index in [9.17, 15) is 4.79 Å². The molecule has 0 atom stereocenters. The predicted molar refractivity (Wildman–Crippen MR) is 73.0 cm³/mol. The van der Waals surface area contributed by atoms with Gasteiger partial charge in [-0.2, -0.15) is 0 Å². The van der Waals surface area contributed by atoms with Crippen molar-refractivity contribution in [3.8, 4) is 5.69 Å². The third kappa shape index (κ3) is 2.10. The van der Waals surface area contributed by atoms with Crippen molar-refractivity contribution >= 4 is 28.5 Å². The molecule has 0 saturated carbocycles. The molecule has 20 heavy (non-hydrogen) atoms. The summed E-state index contributed by atoms with van der Waals surface area (Å²) in [6.45, 7) is 0. The molecule has 3 aromatic rings. The summed E-state index contributed by atoms with van der Waals surface area (Å²) in [4.78, 5) is 19.5. The van der Waals surface area contributed by atoms with Crippen LogP contribution in [0, 0.1) is 0 Å². The first kappa shape index (κ1) is 12.6. The molecule has 0 radical (unpaired) electrons. The minimum absolute atomic E-state index is 0.00595. The fourth-order valence-corrected chi connectivity index (χ4v) is 2.04. The number of rotatable bonds is 2. The van der Waals surface area contributed by atoms with Crippen LogP contribution >= 0.6 is 11.6 Å². The van der Waals surface area contributed by atoms with Crippen LogP contribution in [0.15, 0.2) is 36.8 Å². The van der Waals surface area contributed by atoms with Crippen molar-refractivity contribution in [3.05, 3.63) is 47.6 Å². The summed E-state index contributed by atoms with van der Waals surface area (Å²) in [5.74, 6) is -0.573. The van der Waals surface area contributed by atoms with E-state index in [1.165, 1.54) is 18.1 Å². The van der Waals surface area contributed by atoms with Gasteiger partial charge in [-0.15, -0.1) is 5.10 Å². The maximum Gasteiger partial charge on any atom is 0.377 e. The Labute approximate surface area is 119 Å². The standard InChI is InChI=1S/C13H9ClN4O2/c1-20-13(19)12-16-7-18(17-12)11-4-5-15-10-6-8(14)2-3-9(10)11/h2-7H,1H3. The minimum Gasteiger partial charge on any atom is -0.463 e. The molecule has 0 aliphatic rings. The molecule has 0 spiro atoms. The number of hydrogen-bond acceptors (Lipinski definition) is 5. The van der Waals surface area contributed by atoms with Gasteiger partial charge in [-0.25, -0.2) is 14.5 Å². The van der Waals surface area contributed by atoms with Gasteiger partial charge in [0, 0.05) is 16.6 Å². The summed E-state index contributed by atoms with van der Waals surface area (Å²) in [6, 6.07) is 7.16. The largest absolute Gasteiger partial charge is 0.463 e. The van der Waals surface area contributed by atoms with Crippen molar-refractivity contribution in [1.29, 1.82) is 0 Å². The van der Waals surface area contributed by atoms with Gasteiger partial charge in [-0.3, -0.25) is 4.98 Å². The maximum atomic E-state index is 11.4. The van der Waals surface area contributed by atoms with Gasteiger partial charge >= 0.3 is 5.97 Å². The van der Waals surface area contributed by atoms with Crippen molar-refractivity contribution in [2.75, 3.05) is 7.11 Å². The molecule has 2 heterocycles. The quantitative estimate of drug-likeness (QED) is 0.677. The van der Waals surface area contributed by atoms with Gasteiger partial charge in [0.1, 0.15) is 6.33 Å². The molecular weight excluding hydrogens is 280 g/mol. The zero-order valence-electron chi connectivity index (χ0n) is 10.4. The normalized spacial score (nSPS) is 10.7. The third-order valence-corrected chi connectivity index (χ3v) is 3.02. The Morgan fingerprint density at radius 3 is 2.95 bits per heavy atom. The van der Waals surface area contributed by atoms with E-state index in [4.69, 9.17) is 11.6 Å². The molecule has 2 aromatic heterocycles. The summed E-state index contributed by atoms with van der Waals surface area (Å²) in [6.07, 6.45) is 3.10. The van der Waals surface area contributed by atoms with Crippen LogP contribution in [0.2, 0.25) is 5.02 Å². The Morgan fingerprint density at radius 2 is 2.15 bits per heavy atom. The van der Waals surface area contributed by atoms with Crippen molar-refractivity contribution in [2.45, 2.75) is 0 Å². The first-order valence-electron chi connectivity index (χ1n) is 5.73. The van der Waals surface area contributed by atoms with Crippen LogP contribution in [0.5, 0.6) is 0 Å². The molecule has 100 valence electrons. The number of carbonyl (C=O) groups excluding carboxylic acids is 1. The Hall–Kier alpha value is -2.47. The highest BCUT2D eigenvalue weighted by atomic mass is 35.5. The number of methoxy groups -OCH3 is 1. The van der Waals surface area contributed by atoms with Gasteiger partial charge in [-0.1, -0.05) is 11.6 Å². The Balaban J connectivity index is 2.14. The van der Waals surface area contributed by atoms with Gasteiger partial charge in [0.25, 0.3) is 5.82 Å². The van der Waals surface area contributed by atoms with Crippen molar-refractivity contribution in [3.63, 3.8) is 0 Å². The van der Waals surface area contributed by atoms with Crippen LogP contribution < -0.4 is 0 Å². The zero-order chi connectivity index (χ0) is 14.1. The SMILES string of the molecule is COC(=O)c1ncn(-c2ccnc3cc(Cl)ccc23)n1. The molecule has 0 unspecified atom stereocenters. The average molecular weight is 289 g/mol. The van der Waals surface area contributed by atoms with Gasteiger partial charge < -0.3 is 4.74 Å². The van der Waals surface area contributed by atoms with E-state index in [0.717, 1.165) is 16.6 Å². The van der Waals surface area contributed by atoms with Crippen molar-refractivity contribution in [2.24, 2.45) is 0 Å². The van der Waals surface area contributed by atoms with E-state index in [1.54, 1.807) is 24.4 Å². The van der Waals surface area contributed by atoms with Crippen LogP contribution in [0.1, 0.15) is 10.6 Å². The summed E-state index contributed by atoms with van der Waals surface area (Å²) >= 11 is 5.95. The van der Waals surface area contributed by atoms with E-state index in [2.05, 4.69) is 19.8 Å². The van der Waals surface area contributed by atoms with Crippen LogP contribution in [0.25, 0.3) is 16.6 Å². The number of hydrogen-bond donors (Lipinski definition) is 0. The maximum absolute atomic E-state index is 11.4. The summed E-state index contributed by atoms with van der Waals surface area (Å²) in [5, 5.41) is 5.56. The molecule has 0 amide bonds. The second-order valence-corrected chi connectivity index (χ2v) is 4.43. The highest BCUT2D eigenvalue weighted by Crippen LogP contribution is 2.22. The monoisotopic (exact) mass is 288 g/mol. The Bertz CT molecular complexity index is 800. The summed E-state index contributed by atoms with van der Waals surface area (Å²) in [5.41, 5.74) is 1.50. The fraction of sp³-hybridized carbons (Fsp3) is 0.0769. The van der Waals surface area contributed by atoms with E-state index < -0.39 is 5.97 Å². The first-order valence-corrected chi connectivity index (χ1v) is 6.11. The van der Waals surface area contributed by atoms with Crippen LogP contribution in [0.3, 0.4) is 0 Å². The number of benzene rings is 1. The Morgan fingerprint density at radius 1 is 1.30 bits per heavy atom. The smallest absolute Gasteiger partial charge is 0.377 e. The number of esters is 1. The van der Waals surface area contributed by atoms with Gasteiger partial charge in [0.05, 0.1) is 18.3 Å². The number of fused-ring (bicyclic) bond motifs is 1. The number of carbonyl (C=O) groups is 1. The second kappa shape index (κ2) is 4.90. The average Bonchev–Trinajstić information content (AvgIpc) is 2.95. The Kier molecular flexibility index (Phi) is 3.08. The molecule has 3 rings (SSSR count). The van der Waals surface area contributed by atoms with Crippen molar-refractivity contribution < 1.29 is 9.53 Å². The molecular formula is C13H9ClN4O2. The van der Waals surface area contributed by atoms with Crippen LogP contribution in [0.4, 0.5) is 0 Å². The van der Waals surface area contributed by atoms with E-state index >= 15 is 0 Å². The number of nitrogens with zero attached hydrogens (tertiary/aromatic N) is 4. The molecule has 0 aliphatic heterocycles. The number of pyridine rings is 1. The zero-order valence-corrected chi connectivity index (χ0v) is 11.2. The minimum atomic E-state index is -0.579. The highest BCUT2D eigenvalue weighted by Gasteiger charge is 2.13. The molecule has 0 fully saturated rings. The van der Waals surface area contributed by atoms with Gasteiger partial charge in [-0.05, 0) is 24.3 Å². The number of ether oxygens (including phenoxy) is 1. The lowest BCUT2D eigenvalue weighted by Gasteiger charge is -2.05. The number of aromatic nitrogens is 4. The summed E-state index contributed by atoms with van der Waals surface area (Å²) < 4.78 is 6.09. The number of halogens is 1. The topological polar surface area (TPSA) is 69.9 Å². The lowest BCUT2D eigenvalue weighted by atomic mass is 10.2. The lowest BCUT2D eigenvalue weighted by molar-refractivity contribution is 0.0587. The third-order valence-electron chi connectivity index (χ3n) is 2.79. The van der Waals surface area contributed by atoms with Gasteiger partial charge in [0.15, 0.2) is 0 Å². The predicted octanol–water partition coefficient (Wildman–Crippen LogP) is 2.26. The van der Waals surface area contributed by atoms with Crippen LogP contribution in [-0.2, 0) is 4.74 Å². The second-order valence-electron chi connectivity index (χ2n) is 4.00. The summed E-state index contributed by atoms with van der Waals surface area (Å²) in [7, 11) is 1.28. The molecule has 6 nitrogen and oxygen atoms in total. The molecule has 0 aliphatic carbocycles. The van der Waals surface area contributed by atoms with Crippen LogP contribution in [-0.4, -0.2) is 32.8 Å². The molecule has 0 N–H and O–H groups in total. The lowest BCUT2D eigenvalue weighted by Crippen LogP contribution is -2.05. The van der Waals surface area contributed by atoms with Gasteiger partial charge in [0.2, 0.25) is 0 Å². The fourth-order valence-electron chi connectivity index (χ4n) is 1.87. The first-order chi connectivity index (χ1) is 9.69. The molecule has 7 heteroatoms. The molecule has 0 bridgehead atoms. The van der Waals surface area contributed by atoms with E-state index in [1.807, 2.05) is 6.07 Å². The van der Waals surface area contributed by atoms with E-state index in [-0.39, 0.29) is 5.82 Å². The highest BCUT2D eigenvalue weighted by molar-refractivity contribution is 6.31. The molecule has 0 saturated heterocycles. The van der Waals surface area contributed by atoms with E-state index in [0.29, 0.717) is 5.02 Å².